The Morgan fingerprint density at radius 1 is 1.32 bits per heavy atom. The molecule has 0 radical (unpaired) electrons. The van der Waals surface area contributed by atoms with Crippen LogP contribution in [0.4, 0.5) is 0 Å². The van der Waals surface area contributed by atoms with Crippen molar-refractivity contribution in [3.05, 3.63) is 52.8 Å². The summed E-state index contributed by atoms with van der Waals surface area (Å²) in [5.41, 5.74) is 2.52. The van der Waals surface area contributed by atoms with Gasteiger partial charge < -0.3 is 0 Å². The van der Waals surface area contributed by atoms with E-state index in [-0.39, 0.29) is 0 Å². The van der Waals surface area contributed by atoms with Crippen molar-refractivity contribution in [1.82, 2.24) is 9.78 Å². The average molecular weight is 342 g/mol. The molecule has 1 atom stereocenters. The summed E-state index contributed by atoms with van der Waals surface area (Å²) in [5, 5.41) is 6.07. The number of benzene rings is 1. The van der Waals surface area contributed by atoms with Gasteiger partial charge >= 0.3 is 0 Å². The number of aryl methyl sites for hydroxylation is 2. The summed E-state index contributed by atoms with van der Waals surface area (Å²) in [6, 6.07) is 10.2. The van der Waals surface area contributed by atoms with Gasteiger partial charge in [0.25, 0.3) is 0 Å². The van der Waals surface area contributed by atoms with Crippen LogP contribution in [-0.4, -0.2) is 15.1 Å². The van der Waals surface area contributed by atoms with E-state index in [2.05, 4.69) is 33.2 Å². The first-order valence-electron chi connectivity index (χ1n) is 6.47. The fourth-order valence-corrected chi connectivity index (χ4v) is 2.97. The highest BCUT2D eigenvalue weighted by Crippen LogP contribution is 2.22. The van der Waals surface area contributed by atoms with Crippen LogP contribution in [0.2, 0.25) is 5.02 Å². The molecule has 1 heterocycles. The second-order valence-electron chi connectivity index (χ2n) is 4.80. The van der Waals surface area contributed by atoms with Crippen LogP contribution in [0.5, 0.6) is 0 Å². The molecule has 2 aromatic rings. The summed E-state index contributed by atoms with van der Waals surface area (Å²) >= 11 is 9.84. The Hall–Kier alpha value is -0.800. The van der Waals surface area contributed by atoms with Crippen LogP contribution in [-0.2, 0) is 19.9 Å². The van der Waals surface area contributed by atoms with Crippen molar-refractivity contribution >= 4 is 27.5 Å². The first-order valence-corrected chi connectivity index (χ1v) is 7.97. The molecular weight excluding hydrogens is 324 g/mol. The molecule has 0 amide bonds. The highest BCUT2D eigenvalue weighted by Gasteiger charge is 2.11. The first kappa shape index (κ1) is 14.6. The molecule has 19 heavy (non-hydrogen) atoms. The van der Waals surface area contributed by atoms with E-state index in [1.165, 1.54) is 11.3 Å². The lowest BCUT2D eigenvalue weighted by Crippen LogP contribution is -2.09. The molecule has 4 heteroatoms. The number of halogens is 2. The lowest BCUT2D eigenvalue weighted by atomic mass is 9.96. The number of aromatic nitrogens is 2. The van der Waals surface area contributed by atoms with Crippen molar-refractivity contribution in [3.8, 4) is 0 Å². The minimum absolute atomic E-state index is 0.592. The molecule has 0 saturated heterocycles. The topological polar surface area (TPSA) is 17.8 Å². The third kappa shape index (κ3) is 4.08. The van der Waals surface area contributed by atoms with Crippen LogP contribution < -0.4 is 0 Å². The van der Waals surface area contributed by atoms with E-state index < -0.39 is 0 Å². The van der Waals surface area contributed by atoms with Gasteiger partial charge in [-0.05, 0) is 42.9 Å². The van der Waals surface area contributed by atoms with Crippen molar-refractivity contribution in [2.45, 2.75) is 19.3 Å². The maximum atomic E-state index is 6.22. The van der Waals surface area contributed by atoms with Gasteiger partial charge in [0, 0.05) is 29.3 Å². The van der Waals surface area contributed by atoms with Gasteiger partial charge in [-0.3, -0.25) is 4.68 Å². The summed E-state index contributed by atoms with van der Waals surface area (Å²) in [7, 11) is 1.99. The lowest BCUT2D eigenvalue weighted by Gasteiger charge is -2.15. The summed E-state index contributed by atoms with van der Waals surface area (Å²) in [5.74, 6) is 0.592. The fourth-order valence-electron chi connectivity index (χ4n) is 2.21. The van der Waals surface area contributed by atoms with Gasteiger partial charge in [0.05, 0.1) is 0 Å². The number of nitrogens with zero attached hydrogens (tertiary/aromatic N) is 2. The van der Waals surface area contributed by atoms with E-state index >= 15 is 0 Å². The molecule has 1 unspecified atom stereocenters. The summed E-state index contributed by atoms with van der Waals surface area (Å²) in [4.78, 5) is 0. The van der Waals surface area contributed by atoms with E-state index in [0.717, 1.165) is 29.6 Å². The third-order valence-electron chi connectivity index (χ3n) is 3.42. The van der Waals surface area contributed by atoms with E-state index in [0.29, 0.717) is 5.92 Å². The second-order valence-corrected chi connectivity index (χ2v) is 5.86. The number of hydrogen-bond acceptors (Lipinski definition) is 1. The van der Waals surface area contributed by atoms with Crippen LogP contribution in [0.15, 0.2) is 36.5 Å². The van der Waals surface area contributed by atoms with Crippen molar-refractivity contribution in [2.75, 3.05) is 5.33 Å². The minimum Gasteiger partial charge on any atom is -0.273 e. The molecule has 0 aliphatic heterocycles. The van der Waals surface area contributed by atoms with Crippen LogP contribution >= 0.6 is 27.5 Å². The van der Waals surface area contributed by atoms with Crippen molar-refractivity contribution in [3.63, 3.8) is 0 Å². The molecule has 2 rings (SSSR count). The molecule has 1 aromatic carbocycles. The van der Waals surface area contributed by atoms with E-state index in [9.17, 15) is 0 Å². The van der Waals surface area contributed by atoms with Gasteiger partial charge in [-0.15, -0.1) is 0 Å². The number of hydrogen-bond donors (Lipinski definition) is 0. The molecular formula is C15H18BrClN2. The van der Waals surface area contributed by atoms with Gasteiger partial charge in [0.1, 0.15) is 0 Å². The molecule has 102 valence electrons. The molecule has 0 saturated carbocycles. The Kier molecular flexibility index (Phi) is 5.46. The Morgan fingerprint density at radius 3 is 2.74 bits per heavy atom. The fraction of sp³-hybridized carbons (Fsp3) is 0.400. The maximum Gasteiger partial charge on any atom is 0.0492 e. The smallest absolute Gasteiger partial charge is 0.0492 e. The lowest BCUT2D eigenvalue weighted by molar-refractivity contribution is 0.528. The summed E-state index contributed by atoms with van der Waals surface area (Å²) < 4.78 is 1.95. The van der Waals surface area contributed by atoms with Crippen molar-refractivity contribution < 1.29 is 0 Å². The Labute approximate surface area is 127 Å². The van der Waals surface area contributed by atoms with Crippen molar-refractivity contribution in [1.29, 1.82) is 0 Å². The molecule has 0 fully saturated rings. The van der Waals surface area contributed by atoms with E-state index in [1.54, 1.807) is 0 Å². The molecule has 0 spiro atoms. The zero-order chi connectivity index (χ0) is 13.7. The molecule has 0 N–H and O–H groups in total. The summed E-state index contributed by atoms with van der Waals surface area (Å²) in [6.45, 7) is 0. The van der Waals surface area contributed by atoms with E-state index in [1.807, 2.05) is 36.1 Å². The predicted molar refractivity (Wildman–Crippen MR) is 84.0 cm³/mol. The molecule has 2 nitrogen and oxygen atoms in total. The molecule has 1 aromatic heterocycles. The van der Waals surface area contributed by atoms with Crippen LogP contribution in [0.1, 0.15) is 17.7 Å². The Bertz CT molecular complexity index is 524. The van der Waals surface area contributed by atoms with Gasteiger partial charge in [-0.2, -0.15) is 5.10 Å². The SMILES string of the molecule is Cn1nccc1CCC(CBr)Cc1ccccc1Cl. The van der Waals surface area contributed by atoms with Crippen LogP contribution in [0, 0.1) is 5.92 Å². The normalized spacial score (nSPS) is 12.6. The number of rotatable bonds is 6. The monoisotopic (exact) mass is 340 g/mol. The highest BCUT2D eigenvalue weighted by molar-refractivity contribution is 9.09. The maximum absolute atomic E-state index is 6.22. The Balaban J connectivity index is 1.94. The largest absolute Gasteiger partial charge is 0.273 e. The third-order valence-corrected chi connectivity index (χ3v) is 4.70. The predicted octanol–water partition coefficient (Wildman–Crippen LogP) is 4.26. The average Bonchev–Trinajstić information content (AvgIpc) is 2.82. The summed E-state index contributed by atoms with van der Waals surface area (Å²) in [6.07, 6.45) is 5.06. The molecule has 0 aliphatic carbocycles. The van der Waals surface area contributed by atoms with Gasteiger partial charge in [0.15, 0.2) is 0 Å². The van der Waals surface area contributed by atoms with Crippen molar-refractivity contribution in [2.24, 2.45) is 13.0 Å². The minimum atomic E-state index is 0.592. The zero-order valence-electron chi connectivity index (χ0n) is 11.0. The highest BCUT2D eigenvalue weighted by atomic mass is 79.9. The molecule has 0 bridgehead atoms. The van der Waals surface area contributed by atoms with Gasteiger partial charge in [0.2, 0.25) is 0 Å². The zero-order valence-corrected chi connectivity index (χ0v) is 13.4. The number of alkyl halides is 1. The second kappa shape index (κ2) is 7.11. The van der Waals surface area contributed by atoms with Crippen LogP contribution in [0.25, 0.3) is 0 Å². The quantitative estimate of drug-likeness (QED) is 0.718. The standard InChI is InChI=1S/C15H18BrClN2/c1-19-14(8-9-18-19)7-6-12(11-16)10-13-4-2-3-5-15(13)17/h2-5,8-9,12H,6-7,10-11H2,1H3. The molecule has 0 aliphatic rings. The Morgan fingerprint density at radius 2 is 2.11 bits per heavy atom. The first-order chi connectivity index (χ1) is 9.20. The van der Waals surface area contributed by atoms with Gasteiger partial charge in [-0.25, -0.2) is 0 Å². The van der Waals surface area contributed by atoms with Gasteiger partial charge in [-0.1, -0.05) is 45.7 Å². The van der Waals surface area contributed by atoms with E-state index in [4.69, 9.17) is 11.6 Å². The van der Waals surface area contributed by atoms with Crippen LogP contribution in [0.3, 0.4) is 0 Å².